The average Bonchev–Trinajstić information content (AvgIpc) is 3.57. The van der Waals surface area contributed by atoms with E-state index < -0.39 is 5.91 Å². The number of fused-ring (bicyclic) bond motifs is 1. The normalized spacial score (nSPS) is 16.1. The first-order valence-corrected chi connectivity index (χ1v) is 11.4. The first-order valence-electron chi connectivity index (χ1n) is 10.5. The van der Waals surface area contributed by atoms with Gasteiger partial charge < -0.3 is 19.9 Å². The minimum atomic E-state index is -0.424. The van der Waals surface area contributed by atoms with Gasteiger partial charge >= 0.3 is 0 Å². The third-order valence-corrected chi connectivity index (χ3v) is 6.23. The maximum atomic E-state index is 12.5. The fraction of sp³-hybridized carbons (Fsp3) is 0.292. The number of ether oxygens (including phenoxy) is 1. The molecule has 1 aromatic carbocycles. The van der Waals surface area contributed by atoms with Gasteiger partial charge in [-0.1, -0.05) is 24.3 Å². The Bertz CT molecular complexity index is 1170. The summed E-state index contributed by atoms with van der Waals surface area (Å²) in [6.45, 7) is 1.78. The van der Waals surface area contributed by atoms with Crippen molar-refractivity contribution in [3.05, 3.63) is 64.0 Å². The van der Waals surface area contributed by atoms with Gasteiger partial charge in [-0.15, -0.1) is 11.3 Å². The number of nitriles is 1. The lowest BCUT2D eigenvalue weighted by Crippen LogP contribution is -2.34. The van der Waals surface area contributed by atoms with E-state index in [0.29, 0.717) is 13.1 Å². The number of amides is 2. The van der Waals surface area contributed by atoms with Crippen molar-refractivity contribution in [3.8, 4) is 6.07 Å². The molecule has 8 heteroatoms. The Morgan fingerprint density at radius 2 is 2.12 bits per heavy atom. The van der Waals surface area contributed by atoms with E-state index in [0.717, 1.165) is 40.8 Å². The van der Waals surface area contributed by atoms with Crippen LogP contribution in [-0.4, -0.2) is 35.6 Å². The molecular formula is C24H24N4O3S. The first-order chi connectivity index (χ1) is 15.6. The van der Waals surface area contributed by atoms with Crippen molar-refractivity contribution in [2.75, 3.05) is 13.2 Å². The summed E-state index contributed by atoms with van der Waals surface area (Å²) in [5.41, 5.74) is 1.60. The zero-order valence-corrected chi connectivity index (χ0v) is 18.4. The Balaban J connectivity index is 1.49. The highest BCUT2D eigenvalue weighted by Crippen LogP contribution is 2.24. The smallest absolute Gasteiger partial charge is 0.262 e. The molecule has 0 aliphatic carbocycles. The van der Waals surface area contributed by atoms with Gasteiger partial charge in [0.15, 0.2) is 0 Å². The summed E-state index contributed by atoms with van der Waals surface area (Å²) in [4.78, 5) is 26.0. The molecule has 1 unspecified atom stereocenters. The van der Waals surface area contributed by atoms with Gasteiger partial charge in [0.05, 0.1) is 12.6 Å². The maximum Gasteiger partial charge on any atom is 0.262 e. The molecule has 0 saturated carbocycles. The predicted octanol–water partition coefficient (Wildman–Crippen LogP) is 3.22. The van der Waals surface area contributed by atoms with Crippen molar-refractivity contribution in [2.45, 2.75) is 32.0 Å². The second kappa shape index (κ2) is 10.3. The molecule has 1 aliphatic rings. The van der Waals surface area contributed by atoms with E-state index in [1.807, 2.05) is 52.4 Å². The van der Waals surface area contributed by atoms with Crippen molar-refractivity contribution in [1.82, 2.24) is 15.2 Å². The number of hydrogen-bond acceptors (Lipinski definition) is 5. The maximum absolute atomic E-state index is 12.5. The number of nitrogens with one attached hydrogen (secondary N) is 2. The molecule has 1 atom stereocenters. The lowest BCUT2D eigenvalue weighted by Gasteiger charge is -2.11. The highest BCUT2D eigenvalue weighted by atomic mass is 32.1. The molecule has 4 rings (SSSR count). The van der Waals surface area contributed by atoms with Crippen LogP contribution in [0.25, 0.3) is 17.0 Å². The van der Waals surface area contributed by atoms with Crippen LogP contribution in [0.5, 0.6) is 0 Å². The van der Waals surface area contributed by atoms with Gasteiger partial charge in [-0.2, -0.15) is 5.26 Å². The zero-order chi connectivity index (χ0) is 22.3. The molecular weight excluding hydrogens is 424 g/mol. The Morgan fingerprint density at radius 1 is 1.25 bits per heavy atom. The number of carbonyl (C=O) groups is 2. The third kappa shape index (κ3) is 5.25. The number of para-hydroxylation sites is 1. The van der Waals surface area contributed by atoms with Crippen molar-refractivity contribution in [1.29, 1.82) is 5.26 Å². The number of nitrogens with zero attached hydrogens (tertiary/aromatic N) is 2. The van der Waals surface area contributed by atoms with Crippen molar-refractivity contribution < 1.29 is 14.3 Å². The molecule has 2 N–H and O–H groups in total. The highest BCUT2D eigenvalue weighted by molar-refractivity contribution is 7.09. The van der Waals surface area contributed by atoms with Gasteiger partial charge in [0.2, 0.25) is 5.91 Å². The minimum absolute atomic E-state index is 0.0206. The summed E-state index contributed by atoms with van der Waals surface area (Å²) >= 11 is 1.54. The molecule has 3 heterocycles. The molecule has 7 nitrogen and oxygen atoms in total. The van der Waals surface area contributed by atoms with E-state index in [9.17, 15) is 14.9 Å². The zero-order valence-electron chi connectivity index (χ0n) is 17.5. The minimum Gasteiger partial charge on any atom is -0.376 e. The molecule has 3 aromatic rings. The fourth-order valence-electron chi connectivity index (χ4n) is 3.74. The van der Waals surface area contributed by atoms with Gasteiger partial charge in [0.1, 0.15) is 18.2 Å². The van der Waals surface area contributed by atoms with Gasteiger partial charge in [0.25, 0.3) is 5.91 Å². The number of aromatic nitrogens is 1. The summed E-state index contributed by atoms with van der Waals surface area (Å²) in [6.07, 6.45) is 5.46. The van der Waals surface area contributed by atoms with Gasteiger partial charge in [-0.3, -0.25) is 9.59 Å². The third-order valence-electron chi connectivity index (χ3n) is 5.35. The first kappa shape index (κ1) is 21.8. The van der Waals surface area contributed by atoms with E-state index in [1.54, 1.807) is 23.6 Å². The van der Waals surface area contributed by atoms with Gasteiger partial charge in [-0.25, -0.2) is 0 Å². The van der Waals surface area contributed by atoms with Crippen LogP contribution >= 0.6 is 11.3 Å². The topological polar surface area (TPSA) is 96.2 Å². The number of hydrogen-bond donors (Lipinski definition) is 2. The number of rotatable bonds is 8. The predicted molar refractivity (Wildman–Crippen MR) is 124 cm³/mol. The lowest BCUT2D eigenvalue weighted by atomic mass is 10.1. The molecule has 0 spiro atoms. The Hall–Kier alpha value is -3.41. The van der Waals surface area contributed by atoms with E-state index in [2.05, 4.69) is 10.6 Å². The summed E-state index contributed by atoms with van der Waals surface area (Å²) < 4.78 is 7.39. The van der Waals surface area contributed by atoms with E-state index in [4.69, 9.17) is 4.74 Å². The molecule has 164 valence electrons. The van der Waals surface area contributed by atoms with Gasteiger partial charge in [0, 0.05) is 40.7 Å². The summed E-state index contributed by atoms with van der Waals surface area (Å²) in [6, 6.07) is 13.5. The Morgan fingerprint density at radius 3 is 2.88 bits per heavy atom. The Kier molecular flexibility index (Phi) is 7.00. The number of thiophene rings is 1. The largest absolute Gasteiger partial charge is 0.376 e. The monoisotopic (exact) mass is 448 g/mol. The summed E-state index contributed by atoms with van der Waals surface area (Å²) in [5, 5.41) is 18.1. The van der Waals surface area contributed by atoms with Crippen molar-refractivity contribution in [3.63, 3.8) is 0 Å². The molecule has 0 bridgehead atoms. The summed E-state index contributed by atoms with van der Waals surface area (Å²) in [5.74, 6) is -0.530. The second-order valence-electron chi connectivity index (χ2n) is 7.60. The van der Waals surface area contributed by atoms with Crippen LogP contribution in [0.4, 0.5) is 0 Å². The Labute approximate surface area is 190 Å². The van der Waals surface area contributed by atoms with Crippen molar-refractivity contribution in [2.24, 2.45) is 0 Å². The average molecular weight is 449 g/mol. The second-order valence-corrected chi connectivity index (χ2v) is 8.63. The molecule has 1 fully saturated rings. The van der Waals surface area contributed by atoms with Crippen LogP contribution in [0.15, 0.2) is 53.5 Å². The molecule has 1 saturated heterocycles. The van der Waals surface area contributed by atoms with Crippen molar-refractivity contribution >= 4 is 40.1 Å². The molecule has 1 aliphatic heterocycles. The molecule has 2 amide bonds. The fourth-order valence-corrected chi connectivity index (χ4v) is 4.39. The SMILES string of the molecule is N#C/C(=C\c1cn(CC(=O)NCC2CCCO2)c2ccccc12)C(=O)NCc1cccs1. The lowest BCUT2D eigenvalue weighted by molar-refractivity contribution is -0.122. The van der Waals surface area contributed by atoms with Crippen LogP contribution in [-0.2, 0) is 27.4 Å². The number of benzene rings is 1. The van der Waals surface area contributed by atoms with Crippen LogP contribution < -0.4 is 10.6 Å². The van der Waals surface area contributed by atoms with Crippen LogP contribution in [0.2, 0.25) is 0 Å². The molecule has 0 radical (unpaired) electrons. The highest BCUT2D eigenvalue weighted by Gasteiger charge is 2.17. The summed E-state index contributed by atoms with van der Waals surface area (Å²) in [7, 11) is 0. The van der Waals surface area contributed by atoms with E-state index in [-0.39, 0.29) is 24.1 Å². The standard InChI is InChI=1S/C24H24N4O3S/c25-12-17(24(30)27-14-20-6-4-10-32-20)11-18-15-28(22-8-2-1-7-21(18)22)16-23(29)26-13-19-5-3-9-31-19/h1-2,4,6-8,10-11,15,19H,3,5,9,13-14,16H2,(H,26,29)(H,27,30)/b17-11+. The molecule has 2 aromatic heterocycles. The van der Waals surface area contributed by atoms with Crippen LogP contribution in [0.1, 0.15) is 23.3 Å². The quantitative estimate of drug-likeness (QED) is 0.409. The van der Waals surface area contributed by atoms with Crippen LogP contribution in [0, 0.1) is 11.3 Å². The van der Waals surface area contributed by atoms with Crippen LogP contribution in [0.3, 0.4) is 0 Å². The van der Waals surface area contributed by atoms with E-state index in [1.165, 1.54) is 0 Å². The molecule has 32 heavy (non-hydrogen) atoms. The van der Waals surface area contributed by atoms with E-state index >= 15 is 0 Å². The van der Waals surface area contributed by atoms with Gasteiger partial charge in [-0.05, 0) is 36.4 Å². The number of carbonyl (C=O) groups excluding carboxylic acids is 2.